The van der Waals surface area contributed by atoms with Crippen molar-refractivity contribution >= 4 is 0 Å². The Kier molecular flexibility index (Phi) is 5.59. The molecule has 0 heterocycles. The highest BCUT2D eigenvalue weighted by Gasteiger charge is 2.20. The Morgan fingerprint density at radius 3 is 1.29 bits per heavy atom. The summed E-state index contributed by atoms with van der Waals surface area (Å²) in [6.07, 6.45) is 16.9. The molecule has 0 saturated heterocycles. The molecule has 2 rings (SSSR count). The lowest BCUT2D eigenvalue weighted by Crippen LogP contribution is -2.14. The summed E-state index contributed by atoms with van der Waals surface area (Å²) in [6.45, 7) is 0. The minimum absolute atomic E-state index is 0. The van der Waals surface area contributed by atoms with E-state index in [0.717, 1.165) is 11.8 Å². The highest BCUT2D eigenvalue weighted by Crippen LogP contribution is 2.34. The van der Waals surface area contributed by atoms with Crippen LogP contribution in [0.3, 0.4) is 0 Å². The van der Waals surface area contributed by atoms with Gasteiger partial charge in [-0.15, -0.1) is 0 Å². The highest BCUT2D eigenvalue weighted by molar-refractivity contribution is 4.73. The van der Waals surface area contributed by atoms with Gasteiger partial charge in [0.25, 0.3) is 0 Å². The SMILES string of the molecule is C.C1CCC(CC2CCCCC2)CC1. The van der Waals surface area contributed by atoms with Crippen LogP contribution in [0.15, 0.2) is 0 Å². The fourth-order valence-corrected chi connectivity index (χ4v) is 3.32. The van der Waals surface area contributed by atoms with Crippen LogP contribution in [0.1, 0.15) is 78.1 Å². The Balaban J connectivity index is 0.000000980. The first-order valence-electron chi connectivity index (χ1n) is 6.45. The third-order valence-corrected chi connectivity index (χ3v) is 4.12. The van der Waals surface area contributed by atoms with E-state index in [2.05, 4.69) is 0 Å². The first-order valence-corrected chi connectivity index (χ1v) is 6.45. The second-order valence-electron chi connectivity index (χ2n) is 5.24. The third kappa shape index (κ3) is 3.63. The third-order valence-electron chi connectivity index (χ3n) is 4.12. The molecular weight excluding hydrogens is 168 g/mol. The quantitative estimate of drug-likeness (QED) is 0.571. The molecule has 0 amide bonds. The molecule has 0 bridgehead atoms. The van der Waals surface area contributed by atoms with Gasteiger partial charge < -0.3 is 0 Å². The molecule has 0 N–H and O–H groups in total. The molecule has 0 aromatic heterocycles. The number of hydrogen-bond acceptors (Lipinski definition) is 0. The second kappa shape index (κ2) is 6.48. The van der Waals surface area contributed by atoms with Crippen LogP contribution >= 0.6 is 0 Å². The maximum atomic E-state index is 1.58. The van der Waals surface area contributed by atoms with E-state index in [1.165, 1.54) is 38.5 Å². The fraction of sp³-hybridized carbons (Fsp3) is 1.00. The molecule has 84 valence electrons. The van der Waals surface area contributed by atoms with Crippen molar-refractivity contribution < 1.29 is 0 Å². The molecule has 14 heavy (non-hydrogen) atoms. The molecule has 2 fully saturated rings. The lowest BCUT2D eigenvalue weighted by molar-refractivity contribution is 0.244. The van der Waals surface area contributed by atoms with Gasteiger partial charge in [-0.25, -0.2) is 0 Å². The summed E-state index contributed by atoms with van der Waals surface area (Å²) in [5.41, 5.74) is 0. The van der Waals surface area contributed by atoms with Crippen LogP contribution in [-0.4, -0.2) is 0 Å². The molecule has 0 aromatic rings. The van der Waals surface area contributed by atoms with Gasteiger partial charge in [-0.3, -0.25) is 0 Å². The fourth-order valence-electron chi connectivity index (χ4n) is 3.32. The largest absolute Gasteiger partial charge is 0.0776 e. The second-order valence-corrected chi connectivity index (χ2v) is 5.24. The highest BCUT2D eigenvalue weighted by atomic mass is 14.3. The van der Waals surface area contributed by atoms with Gasteiger partial charge in [-0.1, -0.05) is 71.6 Å². The van der Waals surface area contributed by atoms with Crippen molar-refractivity contribution in [2.24, 2.45) is 11.8 Å². The smallest absolute Gasteiger partial charge is 0.0412 e. The first-order chi connectivity index (χ1) is 6.45. The van der Waals surface area contributed by atoms with E-state index in [4.69, 9.17) is 0 Å². The molecule has 0 unspecified atom stereocenters. The maximum absolute atomic E-state index is 1.58. The first kappa shape index (κ1) is 12.1. The molecule has 2 aliphatic rings. The topological polar surface area (TPSA) is 0 Å². The molecule has 0 atom stereocenters. The van der Waals surface area contributed by atoms with E-state index in [-0.39, 0.29) is 7.43 Å². The van der Waals surface area contributed by atoms with Crippen molar-refractivity contribution in [3.8, 4) is 0 Å². The molecule has 0 aromatic carbocycles. The molecule has 0 heteroatoms. The summed E-state index contributed by atoms with van der Waals surface area (Å²) < 4.78 is 0. The van der Waals surface area contributed by atoms with Crippen LogP contribution in [-0.2, 0) is 0 Å². The van der Waals surface area contributed by atoms with Crippen LogP contribution in [0.2, 0.25) is 0 Å². The Morgan fingerprint density at radius 2 is 0.929 bits per heavy atom. The average molecular weight is 196 g/mol. The zero-order valence-corrected chi connectivity index (χ0v) is 8.93. The molecule has 0 nitrogen and oxygen atoms in total. The van der Waals surface area contributed by atoms with E-state index in [1.807, 2.05) is 0 Å². The van der Waals surface area contributed by atoms with Crippen LogP contribution in [0.5, 0.6) is 0 Å². The minimum Gasteiger partial charge on any atom is -0.0776 e. The maximum Gasteiger partial charge on any atom is -0.0412 e. The summed E-state index contributed by atoms with van der Waals surface area (Å²) in [7, 11) is 0. The lowest BCUT2D eigenvalue weighted by Gasteiger charge is -2.28. The molecule has 2 aliphatic carbocycles. The standard InChI is InChI=1S/C13H24.CH4/c1-3-7-12(8-4-1)11-13-9-5-2-6-10-13;/h12-13H,1-11H2;1H4. The van der Waals surface area contributed by atoms with Gasteiger partial charge in [-0.05, 0) is 18.3 Å². The van der Waals surface area contributed by atoms with Crippen molar-refractivity contribution in [2.75, 3.05) is 0 Å². The average Bonchev–Trinajstić information content (AvgIpc) is 2.21. The zero-order valence-electron chi connectivity index (χ0n) is 8.93. The van der Waals surface area contributed by atoms with Gasteiger partial charge in [0, 0.05) is 0 Å². The Morgan fingerprint density at radius 1 is 0.571 bits per heavy atom. The van der Waals surface area contributed by atoms with Gasteiger partial charge in [0.2, 0.25) is 0 Å². The summed E-state index contributed by atoms with van der Waals surface area (Å²) in [6, 6.07) is 0. The van der Waals surface area contributed by atoms with E-state index >= 15 is 0 Å². The predicted octanol–water partition coefficient (Wildman–Crippen LogP) is 5.17. The molecular formula is C14H28. The van der Waals surface area contributed by atoms with Gasteiger partial charge in [0.05, 0.1) is 0 Å². The van der Waals surface area contributed by atoms with Crippen molar-refractivity contribution in [3.63, 3.8) is 0 Å². The zero-order chi connectivity index (χ0) is 8.93. The monoisotopic (exact) mass is 196 g/mol. The van der Waals surface area contributed by atoms with Gasteiger partial charge in [0.15, 0.2) is 0 Å². The summed E-state index contributed by atoms with van der Waals surface area (Å²) in [5, 5.41) is 0. The van der Waals surface area contributed by atoms with Crippen LogP contribution in [0.4, 0.5) is 0 Å². The Labute approximate surface area is 90.5 Å². The molecule has 0 aliphatic heterocycles. The van der Waals surface area contributed by atoms with E-state index < -0.39 is 0 Å². The van der Waals surface area contributed by atoms with Crippen molar-refractivity contribution in [1.82, 2.24) is 0 Å². The van der Waals surface area contributed by atoms with E-state index in [1.54, 1.807) is 32.1 Å². The van der Waals surface area contributed by atoms with Gasteiger partial charge in [0.1, 0.15) is 0 Å². The van der Waals surface area contributed by atoms with Gasteiger partial charge in [-0.2, -0.15) is 0 Å². The van der Waals surface area contributed by atoms with E-state index in [0.29, 0.717) is 0 Å². The van der Waals surface area contributed by atoms with Crippen molar-refractivity contribution in [2.45, 2.75) is 78.1 Å². The summed E-state index contributed by atoms with van der Waals surface area (Å²) >= 11 is 0. The van der Waals surface area contributed by atoms with Gasteiger partial charge >= 0.3 is 0 Å². The summed E-state index contributed by atoms with van der Waals surface area (Å²) in [5.74, 6) is 2.24. The van der Waals surface area contributed by atoms with Crippen LogP contribution in [0, 0.1) is 11.8 Å². The van der Waals surface area contributed by atoms with Crippen LogP contribution in [0.25, 0.3) is 0 Å². The van der Waals surface area contributed by atoms with Crippen molar-refractivity contribution in [1.29, 1.82) is 0 Å². The Hall–Kier alpha value is 0. The summed E-state index contributed by atoms with van der Waals surface area (Å²) in [4.78, 5) is 0. The van der Waals surface area contributed by atoms with Crippen LogP contribution < -0.4 is 0 Å². The Bertz CT molecular complexity index is 111. The van der Waals surface area contributed by atoms with Crippen molar-refractivity contribution in [3.05, 3.63) is 0 Å². The number of rotatable bonds is 2. The normalized spacial score (nSPS) is 25.7. The molecule has 0 spiro atoms. The molecule has 2 saturated carbocycles. The lowest BCUT2D eigenvalue weighted by atomic mass is 9.78. The minimum atomic E-state index is 0. The van der Waals surface area contributed by atoms with E-state index in [9.17, 15) is 0 Å². The number of hydrogen-bond donors (Lipinski definition) is 0. The predicted molar refractivity (Wildman–Crippen MR) is 64.5 cm³/mol. The molecule has 0 radical (unpaired) electrons.